The number of aromatic nitrogens is 1. The van der Waals surface area contributed by atoms with Crippen molar-refractivity contribution in [3.8, 4) is 11.5 Å². The van der Waals surface area contributed by atoms with Crippen molar-refractivity contribution in [2.45, 2.75) is 25.3 Å². The maximum absolute atomic E-state index is 12.8. The average Bonchev–Trinajstić information content (AvgIpc) is 3.00. The zero-order valence-electron chi connectivity index (χ0n) is 13.5. The van der Waals surface area contributed by atoms with Crippen LogP contribution < -0.4 is 9.47 Å². The van der Waals surface area contributed by atoms with Crippen LogP contribution in [-0.4, -0.2) is 35.5 Å². The van der Waals surface area contributed by atoms with Crippen LogP contribution in [0.25, 0.3) is 0 Å². The lowest BCUT2D eigenvalue weighted by molar-refractivity contribution is 0.0735. The second-order valence-corrected chi connectivity index (χ2v) is 6.15. The van der Waals surface area contributed by atoms with Gasteiger partial charge in [-0.3, -0.25) is 9.78 Å². The number of nitrogens with zero attached hydrogens (tertiary/aromatic N) is 2. The van der Waals surface area contributed by atoms with Crippen LogP contribution in [0.15, 0.2) is 42.7 Å². The van der Waals surface area contributed by atoms with E-state index in [0.29, 0.717) is 18.8 Å². The van der Waals surface area contributed by atoms with Gasteiger partial charge in [0.25, 0.3) is 5.91 Å². The predicted octanol–water partition coefficient (Wildman–Crippen LogP) is 3.22. The minimum absolute atomic E-state index is 0.0395. The summed E-state index contributed by atoms with van der Waals surface area (Å²) in [4.78, 5) is 18.8. The maximum atomic E-state index is 12.8. The Hall–Kier alpha value is -2.56. The predicted molar refractivity (Wildman–Crippen MR) is 89.3 cm³/mol. The summed E-state index contributed by atoms with van der Waals surface area (Å²) >= 11 is 0. The molecule has 24 heavy (non-hydrogen) atoms. The summed E-state index contributed by atoms with van der Waals surface area (Å²) in [7, 11) is 0. The lowest BCUT2D eigenvalue weighted by Crippen LogP contribution is -2.30. The normalized spacial score (nSPS) is 19.8. The molecular formula is C19H20N2O3. The Bertz CT molecular complexity index is 733. The molecule has 124 valence electrons. The number of pyridine rings is 1. The number of amides is 1. The Labute approximate surface area is 141 Å². The lowest BCUT2D eigenvalue weighted by Gasteiger charge is -2.25. The van der Waals surface area contributed by atoms with E-state index >= 15 is 0 Å². The van der Waals surface area contributed by atoms with Crippen molar-refractivity contribution in [3.63, 3.8) is 0 Å². The number of hydrogen-bond donors (Lipinski definition) is 0. The third-order valence-electron chi connectivity index (χ3n) is 4.58. The molecule has 5 heteroatoms. The Morgan fingerprint density at radius 1 is 1.12 bits per heavy atom. The molecule has 0 aliphatic carbocycles. The van der Waals surface area contributed by atoms with Gasteiger partial charge in [-0.2, -0.15) is 0 Å². The molecule has 1 atom stereocenters. The number of ether oxygens (including phenoxy) is 2. The largest absolute Gasteiger partial charge is 0.490 e. The summed E-state index contributed by atoms with van der Waals surface area (Å²) in [6, 6.07) is 9.73. The topological polar surface area (TPSA) is 51.7 Å². The van der Waals surface area contributed by atoms with E-state index in [1.165, 1.54) is 0 Å². The fourth-order valence-electron chi connectivity index (χ4n) is 3.40. The molecule has 1 aromatic carbocycles. The van der Waals surface area contributed by atoms with Crippen LogP contribution in [0.5, 0.6) is 11.5 Å². The van der Waals surface area contributed by atoms with Gasteiger partial charge in [-0.05, 0) is 42.7 Å². The van der Waals surface area contributed by atoms with Crippen molar-refractivity contribution in [2.24, 2.45) is 0 Å². The Balaban J connectivity index is 1.61. The number of carbonyl (C=O) groups excluding carboxylic acids is 1. The summed E-state index contributed by atoms with van der Waals surface area (Å²) in [5, 5.41) is 0. The molecule has 0 spiro atoms. The van der Waals surface area contributed by atoms with Gasteiger partial charge in [0.05, 0.1) is 24.8 Å². The minimum atomic E-state index is 0.0395. The van der Waals surface area contributed by atoms with Gasteiger partial charge < -0.3 is 14.4 Å². The highest BCUT2D eigenvalue weighted by atomic mass is 16.5. The van der Waals surface area contributed by atoms with Gasteiger partial charge in [-0.15, -0.1) is 0 Å². The van der Waals surface area contributed by atoms with Gasteiger partial charge in [0, 0.05) is 25.4 Å². The molecule has 1 amide bonds. The van der Waals surface area contributed by atoms with Crippen molar-refractivity contribution in [1.82, 2.24) is 9.88 Å². The fraction of sp³-hybridized carbons (Fsp3) is 0.368. The molecule has 2 aromatic rings. The van der Waals surface area contributed by atoms with Gasteiger partial charge in [-0.25, -0.2) is 0 Å². The second kappa shape index (κ2) is 6.51. The Morgan fingerprint density at radius 2 is 2.00 bits per heavy atom. The molecule has 4 rings (SSSR count). The third-order valence-corrected chi connectivity index (χ3v) is 4.58. The van der Waals surface area contributed by atoms with Crippen LogP contribution in [0.3, 0.4) is 0 Å². The fourth-order valence-corrected chi connectivity index (χ4v) is 3.40. The zero-order chi connectivity index (χ0) is 16.4. The quantitative estimate of drug-likeness (QED) is 0.851. The Kier molecular flexibility index (Phi) is 4.07. The summed E-state index contributed by atoms with van der Waals surface area (Å²) < 4.78 is 11.5. The van der Waals surface area contributed by atoms with E-state index in [4.69, 9.17) is 9.47 Å². The summed E-state index contributed by atoms with van der Waals surface area (Å²) in [6.45, 7) is 2.12. The van der Waals surface area contributed by atoms with Crippen LogP contribution >= 0.6 is 0 Å². The molecule has 5 nitrogen and oxygen atoms in total. The van der Waals surface area contributed by atoms with Crippen molar-refractivity contribution in [2.75, 3.05) is 19.8 Å². The van der Waals surface area contributed by atoms with E-state index in [9.17, 15) is 4.79 Å². The first-order chi connectivity index (χ1) is 11.8. The van der Waals surface area contributed by atoms with Crippen LogP contribution in [0, 0.1) is 0 Å². The lowest BCUT2D eigenvalue weighted by atomic mass is 10.0. The molecule has 2 aliphatic heterocycles. The molecular weight excluding hydrogens is 304 g/mol. The van der Waals surface area contributed by atoms with Crippen molar-refractivity contribution >= 4 is 5.91 Å². The molecule has 0 radical (unpaired) electrons. The molecule has 0 bridgehead atoms. The van der Waals surface area contributed by atoms with Gasteiger partial charge >= 0.3 is 0 Å². The summed E-state index contributed by atoms with van der Waals surface area (Å²) in [6.07, 6.45) is 6.17. The van der Waals surface area contributed by atoms with E-state index in [2.05, 4.69) is 4.98 Å². The minimum Gasteiger partial charge on any atom is -0.490 e. The van der Waals surface area contributed by atoms with Crippen molar-refractivity contribution in [1.29, 1.82) is 0 Å². The number of likely N-dealkylation sites (tertiary alicyclic amines) is 1. The molecule has 2 aliphatic rings. The monoisotopic (exact) mass is 324 g/mol. The van der Waals surface area contributed by atoms with E-state index in [1.807, 2.05) is 29.2 Å². The molecule has 1 aromatic heterocycles. The standard InChI is InChI=1S/C19H20N2O3/c22-19(15-4-1-8-20-13-15)21-9-2-5-16(21)14-6-7-17-18(12-14)24-11-3-10-23-17/h1,4,6-8,12-13,16H,2-3,5,9-11H2/t16-/m0/s1. The molecule has 0 N–H and O–H groups in total. The second-order valence-electron chi connectivity index (χ2n) is 6.15. The highest BCUT2D eigenvalue weighted by Gasteiger charge is 2.31. The Morgan fingerprint density at radius 3 is 2.83 bits per heavy atom. The first-order valence-corrected chi connectivity index (χ1v) is 8.43. The van der Waals surface area contributed by atoms with E-state index < -0.39 is 0 Å². The van der Waals surface area contributed by atoms with E-state index in [-0.39, 0.29) is 11.9 Å². The third kappa shape index (κ3) is 2.82. The highest BCUT2D eigenvalue weighted by molar-refractivity contribution is 5.94. The molecule has 1 saturated heterocycles. The van der Waals surface area contributed by atoms with Gasteiger partial charge in [0.1, 0.15) is 0 Å². The summed E-state index contributed by atoms with van der Waals surface area (Å²) in [5.74, 6) is 1.61. The average molecular weight is 324 g/mol. The first kappa shape index (κ1) is 15.0. The van der Waals surface area contributed by atoms with E-state index in [1.54, 1.807) is 18.5 Å². The highest BCUT2D eigenvalue weighted by Crippen LogP contribution is 2.38. The molecule has 0 unspecified atom stereocenters. The van der Waals surface area contributed by atoms with Crippen LogP contribution in [0.2, 0.25) is 0 Å². The molecule has 1 fully saturated rings. The number of carbonyl (C=O) groups is 1. The van der Waals surface area contributed by atoms with Crippen molar-refractivity contribution < 1.29 is 14.3 Å². The molecule has 0 saturated carbocycles. The van der Waals surface area contributed by atoms with Crippen molar-refractivity contribution in [3.05, 3.63) is 53.9 Å². The number of benzene rings is 1. The first-order valence-electron chi connectivity index (χ1n) is 8.43. The number of hydrogen-bond acceptors (Lipinski definition) is 4. The molecule has 3 heterocycles. The number of fused-ring (bicyclic) bond motifs is 1. The van der Waals surface area contributed by atoms with Gasteiger partial charge in [0.15, 0.2) is 11.5 Å². The van der Waals surface area contributed by atoms with Crippen LogP contribution in [0.4, 0.5) is 0 Å². The maximum Gasteiger partial charge on any atom is 0.255 e. The van der Waals surface area contributed by atoms with E-state index in [0.717, 1.165) is 42.9 Å². The van der Waals surface area contributed by atoms with Gasteiger partial charge in [-0.1, -0.05) is 6.07 Å². The van der Waals surface area contributed by atoms with Gasteiger partial charge in [0.2, 0.25) is 0 Å². The number of rotatable bonds is 2. The smallest absolute Gasteiger partial charge is 0.255 e. The summed E-state index contributed by atoms with van der Waals surface area (Å²) in [5.41, 5.74) is 1.74. The van der Waals surface area contributed by atoms with Crippen LogP contribution in [0.1, 0.15) is 41.2 Å². The zero-order valence-corrected chi connectivity index (χ0v) is 13.5. The van der Waals surface area contributed by atoms with Crippen LogP contribution in [-0.2, 0) is 0 Å². The SMILES string of the molecule is O=C(c1cccnc1)N1CCC[C@H]1c1ccc2c(c1)OCCCO2.